The van der Waals surface area contributed by atoms with E-state index >= 15 is 0 Å². The summed E-state index contributed by atoms with van der Waals surface area (Å²) in [6.45, 7) is 0. The van der Waals surface area contributed by atoms with Gasteiger partial charge in [-0.1, -0.05) is 115 Å². The summed E-state index contributed by atoms with van der Waals surface area (Å²) in [6.07, 6.45) is 0. The molecule has 8 aromatic rings. The Balaban J connectivity index is 1.45. The molecule has 1 heterocycles. The summed E-state index contributed by atoms with van der Waals surface area (Å²) < 4.78 is 6.28. The molecular formula is C38H22O. The van der Waals surface area contributed by atoms with Crippen molar-refractivity contribution in [3.05, 3.63) is 146 Å². The summed E-state index contributed by atoms with van der Waals surface area (Å²) >= 11 is 0. The number of benzene rings is 6. The van der Waals surface area contributed by atoms with Gasteiger partial charge in [0.25, 0.3) is 0 Å². The van der Waals surface area contributed by atoms with Gasteiger partial charge in [0, 0.05) is 10.8 Å². The van der Waals surface area contributed by atoms with E-state index in [1.807, 2.05) is 24.3 Å². The lowest BCUT2D eigenvalue weighted by atomic mass is 9.84. The molecule has 8 rings (SSSR count). The highest BCUT2D eigenvalue weighted by atomic mass is 16.3. The summed E-state index contributed by atoms with van der Waals surface area (Å²) in [5.74, 6) is 0. The van der Waals surface area contributed by atoms with E-state index in [9.17, 15) is 0 Å². The molecule has 0 aliphatic carbocycles. The van der Waals surface area contributed by atoms with Crippen LogP contribution in [0.4, 0.5) is 0 Å². The second kappa shape index (κ2) is 8.62. The van der Waals surface area contributed by atoms with E-state index in [4.69, 9.17) is 4.42 Å². The molecule has 0 N–H and O–H groups in total. The van der Waals surface area contributed by atoms with Gasteiger partial charge in [-0.3, -0.25) is 0 Å². The molecule has 180 valence electrons. The Hall–Kier alpha value is -5.32. The fraction of sp³-hybridized carbons (Fsp3) is 0. The first-order valence-corrected chi connectivity index (χ1v) is 13.2. The third kappa shape index (κ3) is 3.36. The van der Waals surface area contributed by atoms with Crippen molar-refractivity contribution in [2.45, 2.75) is 0 Å². The van der Waals surface area contributed by atoms with Gasteiger partial charge in [0.1, 0.15) is 11.2 Å². The van der Waals surface area contributed by atoms with Gasteiger partial charge in [-0.25, -0.2) is 0 Å². The molecule has 0 saturated carbocycles. The van der Waals surface area contributed by atoms with Gasteiger partial charge in [-0.15, -0.1) is 0 Å². The van der Waals surface area contributed by atoms with Crippen molar-refractivity contribution in [3.63, 3.8) is 0 Å². The van der Waals surface area contributed by atoms with E-state index < -0.39 is 0 Å². The van der Waals surface area contributed by atoms with Crippen LogP contribution in [0.5, 0.6) is 0 Å². The lowest BCUT2D eigenvalue weighted by molar-refractivity contribution is 0.669. The molecule has 1 aromatic heterocycles. The molecule has 0 fully saturated rings. The highest BCUT2D eigenvalue weighted by molar-refractivity contribution is 6.25. The predicted octanol–water partition coefficient (Wildman–Crippen LogP) is 10.5. The van der Waals surface area contributed by atoms with Crippen LogP contribution >= 0.6 is 0 Å². The quantitative estimate of drug-likeness (QED) is 0.223. The molecular weight excluding hydrogens is 472 g/mol. The Morgan fingerprint density at radius 1 is 0.410 bits per heavy atom. The molecule has 0 amide bonds. The lowest BCUT2D eigenvalue weighted by Crippen LogP contribution is -1.91. The molecule has 0 unspecified atom stereocenters. The predicted molar refractivity (Wildman–Crippen MR) is 163 cm³/mol. The summed E-state index contributed by atoms with van der Waals surface area (Å²) in [7, 11) is 0. The van der Waals surface area contributed by atoms with Crippen LogP contribution in [0.15, 0.2) is 138 Å². The standard InChI is InChI=1S/C38H22O/c1-2-11-25(12-3-1)26-21-23-27(24-22-26)36-28-13-4-6-15-30(28)37(31-16-7-5-14-29(31)36)33-18-10-20-35-38(33)32-17-8-9-19-34(32)39-35/h2,4-24H. The number of hydrogen-bond acceptors (Lipinski definition) is 1. The molecule has 0 atom stereocenters. The average molecular weight is 495 g/mol. The van der Waals surface area contributed by atoms with Crippen molar-refractivity contribution in [1.82, 2.24) is 0 Å². The van der Waals surface area contributed by atoms with E-state index in [2.05, 4.69) is 121 Å². The molecule has 0 radical (unpaired) electrons. The Morgan fingerprint density at radius 2 is 1.00 bits per heavy atom. The van der Waals surface area contributed by atoms with E-state index in [1.165, 1.54) is 49.4 Å². The number of hydrogen-bond donors (Lipinski definition) is 0. The van der Waals surface area contributed by atoms with Crippen LogP contribution in [-0.2, 0) is 0 Å². The minimum Gasteiger partial charge on any atom is -0.456 e. The zero-order chi connectivity index (χ0) is 25.8. The lowest BCUT2D eigenvalue weighted by Gasteiger charge is -2.18. The van der Waals surface area contributed by atoms with Crippen LogP contribution < -0.4 is 0 Å². The van der Waals surface area contributed by atoms with Gasteiger partial charge in [-0.2, -0.15) is 0 Å². The van der Waals surface area contributed by atoms with Crippen LogP contribution in [0.3, 0.4) is 0 Å². The minimum atomic E-state index is 0.914. The number of furan rings is 1. The number of rotatable bonds is 3. The first-order chi connectivity index (χ1) is 19.4. The maximum absolute atomic E-state index is 6.28. The SMILES string of the molecule is c1ccc(-c2ccc(-c3c4ccccc4c(-c4cccc5oc6ccccc6c45)c4ccccc34)cc2)cc#1. The van der Waals surface area contributed by atoms with E-state index in [1.54, 1.807) is 0 Å². The topological polar surface area (TPSA) is 13.1 Å². The van der Waals surface area contributed by atoms with Crippen molar-refractivity contribution in [1.29, 1.82) is 0 Å². The Morgan fingerprint density at radius 3 is 1.67 bits per heavy atom. The third-order valence-electron chi connectivity index (χ3n) is 7.77. The fourth-order valence-electron chi connectivity index (χ4n) is 6.07. The first-order valence-electron chi connectivity index (χ1n) is 13.2. The second-order valence-electron chi connectivity index (χ2n) is 9.92. The van der Waals surface area contributed by atoms with Crippen LogP contribution in [0.25, 0.3) is 76.9 Å². The molecule has 0 spiro atoms. The molecule has 0 saturated heterocycles. The van der Waals surface area contributed by atoms with E-state index in [0.717, 1.165) is 27.5 Å². The molecule has 0 aliphatic rings. The monoisotopic (exact) mass is 494 g/mol. The second-order valence-corrected chi connectivity index (χ2v) is 9.92. The summed E-state index contributed by atoms with van der Waals surface area (Å²) in [5, 5.41) is 7.27. The molecule has 39 heavy (non-hydrogen) atoms. The van der Waals surface area contributed by atoms with Crippen molar-refractivity contribution >= 4 is 43.5 Å². The fourth-order valence-corrected chi connectivity index (χ4v) is 6.07. The minimum absolute atomic E-state index is 0.914. The normalized spacial score (nSPS) is 11.4. The van der Waals surface area contributed by atoms with Gasteiger partial charge in [-0.05, 0) is 85.3 Å². The number of fused-ring (bicyclic) bond motifs is 5. The van der Waals surface area contributed by atoms with Crippen molar-refractivity contribution in [2.75, 3.05) is 0 Å². The zero-order valence-electron chi connectivity index (χ0n) is 21.1. The van der Waals surface area contributed by atoms with Crippen LogP contribution in [0.1, 0.15) is 0 Å². The Kier molecular flexibility index (Phi) is 4.80. The van der Waals surface area contributed by atoms with Gasteiger partial charge in [0.15, 0.2) is 0 Å². The van der Waals surface area contributed by atoms with E-state index in [0.29, 0.717) is 0 Å². The summed E-state index contributed by atoms with van der Waals surface area (Å²) in [5.41, 5.74) is 9.05. The van der Waals surface area contributed by atoms with Crippen LogP contribution in [0.2, 0.25) is 0 Å². The van der Waals surface area contributed by atoms with Crippen molar-refractivity contribution in [2.24, 2.45) is 0 Å². The summed E-state index contributed by atoms with van der Waals surface area (Å²) in [4.78, 5) is 0. The van der Waals surface area contributed by atoms with Gasteiger partial charge in [0.2, 0.25) is 0 Å². The zero-order valence-corrected chi connectivity index (χ0v) is 21.1. The molecule has 1 nitrogen and oxygen atoms in total. The van der Waals surface area contributed by atoms with Gasteiger partial charge in [0.05, 0.1) is 0 Å². The van der Waals surface area contributed by atoms with Crippen LogP contribution in [0, 0.1) is 12.1 Å². The number of para-hydroxylation sites is 1. The van der Waals surface area contributed by atoms with E-state index in [-0.39, 0.29) is 0 Å². The van der Waals surface area contributed by atoms with Gasteiger partial charge < -0.3 is 4.42 Å². The Bertz CT molecular complexity index is 2090. The molecule has 0 bridgehead atoms. The Labute approximate surface area is 226 Å². The summed E-state index contributed by atoms with van der Waals surface area (Å²) in [6, 6.07) is 53.2. The molecule has 1 heteroatoms. The largest absolute Gasteiger partial charge is 0.456 e. The smallest absolute Gasteiger partial charge is 0.136 e. The highest BCUT2D eigenvalue weighted by Crippen LogP contribution is 2.46. The average Bonchev–Trinajstić information content (AvgIpc) is 3.40. The maximum atomic E-state index is 6.28. The van der Waals surface area contributed by atoms with Crippen molar-refractivity contribution in [3.8, 4) is 33.4 Å². The highest BCUT2D eigenvalue weighted by Gasteiger charge is 2.19. The van der Waals surface area contributed by atoms with Crippen molar-refractivity contribution < 1.29 is 4.42 Å². The first kappa shape index (κ1) is 21.7. The maximum Gasteiger partial charge on any atom is 0.136 e. The van der Waals surface area contributed by atoms with Crippen LogP contribution in [-0.4, -0.2) is 0 Å². The van der Waals surface area contributed by atoms with Gasteiger partial charge >= 0.3 is 0 Å². The molecule has 7 aromatic carbocycles. The third-order valence-corrected chi connectivity index (χ3v) is 7.77. The molecule has 0 aliphatic heterocycles.